The predicted octanol–water partition coefficient (Wildman–Crippen LogP) is 1.13. The fourth-order valence-corrected chi connectivity index (χ4v) is 1.91. The van der Waals surface area contributed by atoms with E-state index in [0.29, 0.717) is 36.3 Å². The Balaban J connectivity index is 2.01. The summed E-state index contributed by atoms with van der Waals surface area (Å²) in [6, 6.07) is 4.65. The zero-order valence-corrected chi connectivity index (χ0v) is 10.7. The van der Waals surface area contributed by atoms with Crippen molar-refractivity contribution in [2.45, 2.75) is 0 Å². The molecule has 1 heterocycles. The minimum absolute atomic E-state index is 0.118. The lowest BCUT2D eigenvalue weighted by Gasteiger charge is -2.26. The van der Waals surface area contributed by atoms with Gasteiger partial charge in [0.05, 0.1) is 17.7 Å². The van der Waals surface area contributed by atoms with Crippen LogP contribution >= 0.6 is 15.9 Å². The van der Waals surface area contributed by atoms with Crippen LogP contribution in [0.2, 0.25) is 0 Å². The molecule has 1 aliphatic rings. The summed E-state index contributed by atoms with van der Waals surface area (Å²) < 4.78 is 5.69. The molecule has 2 N–H and O–H groups in total. The molecule has 0 aliphatic carbocycles. The maximum atomic E-state index is 11.9. The number of amides is 1. The predicted molar refractivity (Wildman–Crippen MR) is 65.7 cm³/mol. The third-order valence-corrected chi connectivity index (χ3v) is 3.12. The van der Waals surface area contributed by atoms with E-state index < -0.39 is 0 Å². The molecule has 0 spiro atoms. The SMILES string of the molecule is O=C(NN1CCOCC1)c1ccc(O)c(Br)c1. The van der Waals surface area contributed by atoms with Gasteiger partial charge in [0.15, 0.2) is 0 Å². The van der Waals surface area contributed by atoms with Gasteiger partial charge in [-0.05, 0) is 34.1 Å². The first-order valence-corrected chi connectivity index (χ1v) is 6.08. The van der Waals surface area contributed by atoms with E-state index in [1.807, 2.05) is 5.01 Å². The number of hydrogen-bond acceptors (Lipinski definition) is 4. The highest BCUT2D eigenvalue weighted by Gasteiger charge is 2.14. The van der Waals surface area contributed by atoms with E-state index in [2.05, 4.69) is 21.4 Å². The van der Waals surface area contributed by atoms with Crippen LogP contribution in [0.25, 0.3) is 0 Å². The second-order valence-corrected chi connectivity index (χ2v) is 4.56. The molecule has 1 amide bonds. The highest BCUT2D eigenvalue weighted by molar-refractivity contribution is 9.10. The zero-order chi connectivity index (χ0) is 12.3. The molecule has 92 valence electrons. The standard InChI is InChI=1S/C11H13BrN2O3/c12-9-7-8(1-2-10(9)15)11(16)13-14-3-5-17-6-4-14/h1-2,7,15H,3-6H2,(H,13,16). The van der Waals surface area contributed by atoms with Crippen molar-refractivity contribution in [3.8, 4) is 5.75 Å². The Morgan fingerprint density at radius 1 is 1.41 bits per heavy atom. The van der Waals surface area contributed by atoms with Gasteiger partial charge in [-0.15, -0.1) is 0 Å². The van der Waals surface area contributed by atoms with Crippen molar-refractivity contribution in [3.05, 3.63) is 28.2 Å². The highest BCUT2D eigenvalue weighted by Crippen LogP contribution is 2.24. The van der Waals surface area contributed by atoms with Gasteiger partial charge in [0.1, 0.15) is 5.75 Å². The van der Waals surface area contributed by atoms with Gasteiger partial charge in [-0.25, -0.2) is 5.01 Å². The van der Waals surface area contributed by atoms with Crippen LogP contribution in [-0.4, -0.2) is 42.3 Å². The second-order valence-electron chi connectivity index (χ2n) is 3.71. The minimum Gasteiger partial charge on any atom is -0.507 e. The fraction of sp³-hybridized carbons (Fsp3) is 0.364. The summed E-state index contributed by atoms with van der Waals surface area (Å²) in [6.07, 6.45) is 0. The van der Waals surface area contributed by atoms with Gasteiger partial charge in [-0.1, -0.05) is 0 Å². The van der Waals surface area contributed by atoms with Crippen molar-refractivity contribution in [2.75, 3.05) is 26.3 Å². The third kappa shape index (κ3) is 3.18. The van der Waals surface area contributed by atoms with Crippen molar-refractivity contribution < 1.29 is 14.6 Å². The molecule has 5 nitrogen and oxygen atoms in total. The van der Waals surface area contributed by atoms with Crippen LogP contribution in [0, 0.1) is 0 Å². The molecule has 6 heteroatoms. The molecule has 1 aliphatic heterocycles. The second kappa shape index (κ2) is 5.48. The number of benzene rings is 1. The topological polar surface area (TPSA) is 61.8 Å². The van der Waals surface area contributed by atoms with E-state index in [0.717, 1.165) is 0 Å². The van der Waals surface area contributed by atoms with Gasteiger partial charge in [-0.3, -0.25) is 10.2 Å². The molecule has 0 radical (unpaired) electrons. The molecule has 0 bridgehead atoms. The lowest BCUT2D eigenvalue weighted by molar-refractivity contribution is 0.0126. The number of morpholine rings is 1. The van der Waals surface area contributed by atoms with Gasteiger partial charge >= 0.3 is 0 Å². The van der Waals surface area contributed by atoms with Gasteiger partial charge in [0.25, 0.3) is 5.91 Å². The van der Waals surface area contributed by atoms with E-state index in [1.165, 1.54) is 6.07 Å². The van der Waals surface area contributed by atoms with Gasteiger partial charge in [-0.2, -0.15) is 0 Å². The van der Waals surface area contributed by atoms with E-state index >= 15 is 0 Å². The van der Waals surface area contributed by atoms with Crippen LogP contribution in [0.4, 0.5) is 0 Å². The summed E-state index contributed by atoms with van der Waals surface area (Å²) in [6.45, 7) is 2.62. The van der Waals surface area contributed by atoms with Crippen molar-refractivity contribution in [1.29, 1.82) is 0 Å². The number of hydrazine groups is 1. The number of halogens is 1. The Kier molecular flexibility index (Phi) is 3.98. The van der Waals surface area contributed by atoms with E-state index in [9.17, 15) is 9.90 Å². The lowest BCUT2D eigenvalue weighted by Crippen LogP contribution is -2.48. The van der Waals surface area contributed by atoms with Gasteiger partial charge in [0, 0.05) is 18.7 Å². The molecule has 0 saturated carbocycles. The van der Waals surface area contributed by atoms with Crippen LogP contribution in [0.3, 0.4) is 0 Å². The third-order valence-electron chi connectivity index (χ3n) is 2.48. The quantitative estimate of drug-likeness (QED) is 0.860. The zero-order valence-electron chi connectivity index (χ0n) is 9.15. The molecule has 17 heavy (non-hydrogen) atoms. The molecule has 0 aromatic heterocycles. The number of carbonyl (C=O) groups is 1. The van der Waals surface area contributed by atoms with Crippen LogP contribution in [0.5, 0.6) is 5.75 Å². The Labute approximate surface area is 107 Å². The fourth-order valence-electron chi connectivity index (χ4n) is 1.53. The summed E-state index contributed by atoms with van der Waals surface area (Å²) in [4.78, 5) is 11.9. The van der Waals surface area contributed by atoms with Gasteiger partial charge < -0.3 is 9.84 Å². The summed E-state index contributed by atoms with van der Waals surface area (Å²) >= 11 is 3.18. The van der Waals surface area contributed by atoms with Crippen LogP contribution < -0.4 is 5.43 Å². The number of ether oxygens (including phenoxy) is 1. The Hall–Kier alpha value is -1.11. The van der Waals surface area contributed by atoms with Crippen LogP contribution in [0.15, 0.2) is 22.7 Å². The first kappa shape index (κ1) is 12.3. The molecule has 1 fully saturated rings. The Morgan fingerprint density at radius 3 is 2.76 bits per heavy atom. The summed E-state index contributed by atoms with van der Waals surface area (Å²) in [5.41, 5.74) is 3.29. The molecular formula is C11H13BrN2O3. The number of phenolic OH excluding ortho intramolecular Hbond substituents is 1. The number of carbonyl (C=O) groups excluding carboxylic acids is 1. The first-order valence-electron chi connectivity index (χ1n) is 5.29. The number of phenols is 1. The van der Waals surface area contributed by atoms with E-state index in [4.69, 9.17) is 4.74 Å². The first-order chi connectivity index (χ1) is 8.16. The summed E-state index contributed by atoms with van der Waals surface area (Å²) in [5.74, 6) is -0.0690. The Bertz CT molecular complexity index is 419. The van der Waals surface area contributed by atoms with Crippen molar-refractivity contribution in [1.82, 2.24) is 10.4 Å². The van der Waals surface area contributed by atoms with Crippen molar-refractivity contribution in [3.63, 3.8) is 0 Å². The van der Waals surface area contributed by atoms with Crippen LogP contribution in [0.1, 0.15) is 10.4 Å². The minimum atomic E-state index is -0.187. The maximum absolute atomic E-state index is 11.9. The van der Waals surface area contributed by atoms with Crippen molar-refractivity contribution in [2.24, 2.45) is 0 Å². The number of hydrogen-bond donors (Lipinski definition) is 2. The monoisotopic (exact) mass is 300 g/mol. The number of nitrogens with zero attached hydrogens (tertiary/aromatic N) is 1. The largest absolute Gasteiger partial charge is 0.507 e. The molecule has 1 aromatic rings. The normalized spacial score (nSPS) is 16.8. The number of nitrogens with one attached hydrogen (secondary N) is 1. The summed E-state index contributed by atoms with van der Waals surface area (Å²) in [7, 11) is 0. The van der Waals surface area contributed by atoms with Crippen LogP contribution in [-0.2, 0) is 4.74 Å². The maximum Gasteiger partial charge on any atom is 0.265 e. The average Bonchev–Trinajstić information content (AvgIpc) is 2.34. The molecule has 0 unspecified atom stereocenters. The average molecular weight is 301 g/mol. The number of rotatable bonds is 2. The molecule has 2 rings (SSSR count). The Morgan fingerprint density at radius 2 is 2.12 bits per heavy atom. The molecule has 1 saturated heterocycles. The van der Waals surface area contributed by atoms with Gasteiger partial charge in [0.2, 0.25) is 0 Å². The highest BCUT2D eigenvalue weighted by atomic mass is 79.9. The van der Waals surface area contributed by atoms with E-state index in [-0.39, 0.29) is 11.7 Å². The summed E-state index contributed by atoms with van der Waals surface area (Å²) in [5, 5.41) is 11.2. The smallest absolute Gasteiger partial charge is 0.265 e. The number of aromatic hydroxyl groups is 1. The molecule has 0 atom stereocenters. The lowest BCUT2D eigenvalue weighted by atomic mass is 10.2. The van der Waals surface area contributed by atoms with E-state index in [1.54, 1.807) is 12.1 Å². The van der Waals surface area contributed by atoms with Crippen molar-refractivity contribution >= 4 is 21.8 Å². The molecule has 1 aromatic carbocycles. The molecular weight excluding hydrogens is 288 g/mol.